The Hall–Kier alpha value is -2.06. The van der Waals surface area contributed by atoms with Crippen molar-refractivity contribution in [1.29, 1.82) is 5.26 Å². The van der Waals surface area contributed by atoms with Gasteiger partial charge in [-0.15, -0.1) is 4.99 Å². The fourth-order valence-electron chi connectivity index (χ4n) is 3.12. The first-order valence-electron chi connectivity index (χ1n) is 7.41. The predicted octanol–water partition coefficient (Wildman–Crippen LogP) is 1.47. The lowest BCUT2D eigenvalue weighted by molar-refractivity contribution is 0.265. The van der Waals surface area contributed by atoms with Crippen LogP contribution in [0.1, 0.15) is 31.2 Å². The summed E-state index contributed by atoms with van der Waals surface area (Å²) >= 11 is 0. The molecule has 1 aliphatic carbocycles. The topological polar surface area (TPSA) is 86.2 Å². The van der Waals surface area contributed by atoms with Crippen molar-refractivity contribution < 1.29 is 0 Å². The number of aliphatic imine (C=N–C) groups is 1. The molecule has 2 rings (SSSR count). The highest BCUT2D eigenvalue weighted by atomic mass is 15.2. The van der Waals surface area contributed by atoms with Crippen LogP contribution in [0, 0.1) is 11.5 Å². The van der Waals surface area contributed by atoms with E-state index in [1.807, 2.05) is 6.07 Å². The zero-order chi connectivity index (χ0) is 15.1. The summed E-state index contributed by atoms with van der Waals surface area (Å²) in [7, 11) is 1.76. The summed E-state index contributed by atoms with van der Waals surface area (Å²) in [6.07, 6.45) is 5.96. The van der Waals surface area contributed by atoms with Gasteiger partial charge in [-0.1, -0.05) is 30.3 Å². The van der Waals surface area contributed by atoms with Gasteiger partial charge in [0, 0.05) is 25.0 Å². The molecule has 0 radical (unpaired) electrons. The zero-order valence-electron chi connectivity index (χ0n) is 12.5. The number of nitrogens with one attached hydrogen (secondary N) is 2. The number of benzene rings is 1. The summed E-state index contributed by atoms with van der Waals surface area (Å²) < 4.78 is 0. The summed E-state index contributed by atoms with van der Waals surface area (Å²) in [6, 6.07) is 10.9. The molecule has 0 aromatic heterocycles. The molecule has 0 atom stereocenters. The molecule has 1 fully saturated rings. The summed E-state index contributed by atoms with van der Waals surface area (Å²) in [5, 5.41) is 14.8. The van der Waals surface area contributed by atoms with E-state index >= 15 is 0 Å². The molecule has 0 amide bonds. The van der Waals surface area contributed by atoms with Gasteiger partial charge in [0.1, 0.15) is 0 Å². The van der Waals surface area contributed by atoms with Crippen molar-refractivity contribution in [3.63, 3.8) is 0 Å². The van der Waals surface area contributed by atoms with Gasteiger partial charge in [0.05, 0.1) is 0 Å². The van der Waals surface area contributed by atoms with Crippen molar-refractivity contribution in [2.45, 2.75) is 37.1 Å². The SMILES string of the molecule is CN/C(=N\C#N)N[C@H]1CC[C@](CN)(c2ccccc2)CC1. The van der Waals surface area contributed by atoms with E-state index in [0.29, 0.717) is 18.5 Å². The van der Waals surface area contributed by atoms with Gasteiger partial charge in [-0.2, -0.15) is 5.26 Å². The average Bonchev–Trinajstić information content (AvgIpc) is 2.56. The van der Waals surface area contributed by atoms with Gasteiger partial charge in [0.25, 0.3) is 0 Å². The maximum Gasteiger partial charge on any atom is 0.209 e. The standard InChI is InChI=1S/C16H23N5/c1-19-15(20-12-18)21-14-7-9-16(11-17,10-8-14)13-5-3-2-4-6-13/h2-6,14H,7-11,17H2,1H3,(H2,19,20,21)/t14-,16-. The Kier molecular flexibility index (Phi) is 5.18. The minimum Gasteiger partial charge on any atom is -0.359 e. The molecule has 0 saturated heterocycles. The monoisotopic (exact) mass is 285 g/mol. The van der Waals surface area contributed by atoms with E-state index in [2.05, 4.69) is 39.9 Å². The first-order chi connectivity index (χ1) is 10.2. The van der Waals surface area contributed by atoms with E-state index in [0.717, 1.165) is 25.7 Å². The van der Waals surface area contributed by atoms with Crippen molar-refractivity contribution in [2.24, 2.45) is 10.7 Å². The first-order valence-corrected chi connectivity index (χ1v) is 7.41. The van der Waals surface area contributed by atoms with Crippen LogP contribution in [0.4, 0.5) is 0 Å². The number of guanidine groups is 1. The Morgan fingerprint density at radius 3 is 2.57 bits per heavy atom. The molecule has 0 spiro atoms. The van der Waals surface area contributed by atoms with Gasteiger partial charge in [0.15, 0.2) is 0 Å². The van der Waals surface area contributed by atoms with Crippen LogP contribution in [0.15, 0.2) is 35.3 Å². The lowest BCUT2D eigenvalue weighted by Crippen LogP contribution is -2.47. The predicted molar refractivity (Wildman–Crippen MR) is 84.7 cm³/mol. The minimum atomic E-state index is 0.0889. The van der Waals surface area contributed by atoms with Crippen LogP contribution in [0.2, 0.25) is 0 Å². The van der Waals surface area contributed by atoms with Gasteiger partial charge in [-0.25, -0.2) is 0 Å². The fraction of sp³-hybridized carbons (Fsp3) is 0.500. The Morgan fingerprint density at radius 2 is 2.05 bits per heavy atom. The molecule has 1 aliphatic rings. The second-order valence-electron chi connectivity index (χ2n) is 5.58. The van der Waals surface area contributed by atoms with Gasteiger partial charge in [0.2, 0.25) is 12.2 Å². The third kappa shape index (κ3) is 3.53. The number of nitriles is 1. The molecule has 1 aromatic carbocycles. The highest BCUT2D eigenvalue weighted by Gasteiger charge is 2.35. The second kappa shape index (κ2) is 7.09. The van der Waals surface area contributed by atoms with Crippen LogP contribution in [0.5, 0.6) is 0 Å². The summed E-state index contributed by atoms with van der Waals surface area (Å²) in [6.45, 7) is 0.675. The van der Waals surface area contributed by atoms with Crippen molar-refractivity contribution >= 4 is 5.96 Å². The van der Waals surface area contributed by atoms with Crippen LogP contribution in [-0.4, -0.2) is 25.6 Å². The molecule has 4 N–H and O–H groups in total. The van der Waals surface area contributed by atoms with E-state index in [1.54, 1.807) is 13.2 Å². The lowest BCUT2D eigenvalue weighted by atomic mass is 9.68. The van der Waals surface area contributed by atoms with Crippen LogP contribution in [-0.2, 0) is 5.41 Å². The average molecular weight is 285 g/mol. The molecule has 21 heavy (non-hydrogen) atoms. The van der Waals surface area contributed by atoms with E-state index in [4.69, 9.17) is 11.0 Å². The second-order valence-corrected chi connectivity index (χ2v) is 5.58. The highest BCUT2D eigenvalue weighted by molar-refractivity contribution is 5.80. The maximum atomic E-state index is 8.63. The van der Waals surface area contributed by atoms with Gasteiger partial charge >= 0.3 is 0 Å². The summed E-state index contributed by atoms with van der Waals surface area (Å²) in [5.41, 5.74) is 7.52. The van der Waals surface area contributed by atoms with Crippen molar-refractivity contribution in [1.82, 2.24) is 10.6 Å². The molecule has 0 unspecified atom stereocenters. The van der Waals surface area contributed by atoms with Crippen LogP contribution in [0.3, 0.4) is 0 Å². The largest absolute Gasteiger partial charge is 0.359 e. The molecule has 1 saturated carbocycles. The van der Waals surface area contributed by atoms with E-state index in [-0.39, 0.29) is 5.41 Å². The minimum absolute atomic E-state index is 0.0889. The summed E-state index contributed by atoms with van der Waals surface area (Å²) in [4.78, 5) is 3.73. The molecule has 112 valence electrons. The number of nitrogens with two attached hydrogens (primary N) is 1. The first kappa shape index (κ1) is 15.3. The molecule has 1 aromatic rings. The Bertz CT molecular complexity index is 509. The lowest BCUT2D eigenvalue weighted by Gasteiger charge is -2.40. The number of rotatable bonds is 3. The quantitative estimate of drug-likeness (QED) is 0.446. The van der Waals surface area contributed by atoms with Crippen LogP contribution in [0.25, 0.3) is 0 Å². The van der Waals surface area contributed by atoms with Crippen LogP contribution >= 0.6 is 0 Å². The maximum absolute atomic E-state index is 8.63. The fourth-order valence-corrected chi connectivity index (χ4v) is 3.12. The number of hydrogen-bond acceptors (Lipinski definition) is 3. The third-order valence-corrected chi connectivity index (χ3v) is 4.46. The Balaban J connectivity index is 2.02. The molecule has 0 aliphatic heterocycles. The smallest absolute Gasteiger partial charge is 0.209 e. The highest BCUT2D eigenvalue weighted by Crippen LogP contribution is 2.38. The van der Waals surface area contributed by atoms with Gasteiger partial charge < -0.3 is 16.4 Å². The number of nitrogens with zero attached hydrogens (tertiary/aromatic N) is 2. The zero-order valence-corrected chi connectivity index (χ0v) is 12.5. The van der Waals surface area contributed by atoms with Crippen molar-refractivity contribution in [3.05, 3.63) is 35.9 Å². The Labute approximate surface area is 126 Å². The van der Waals surface area contributed by atoms with Gasteiger partial charge in [-0.05, 0) is 31.2 Å². The van der Waals surface area contributed by atoms with E-state index < -0.39 is 0 Å². The van der Waals surface area contributed by atoms with Crippen molar-refractivity contribution in [2.75, 3.05) is 13.6 Å². The molecule has 0 heterocycles. The molecule has 5 heteroatoms. The van der Waals surface area contributed by atoms with Crippen LogP contribution < -0.4 is 16.4 Å². The van der Waals surface area contributed by atoms with E-state index in [9.17, 15) is 0 Å². The molecule has 0 bridgehead atoms. The summed E-state index contributed by atoms with van der Waals surface area (Å²) in [5.74, 6) is 0.544. The van der Waals surface area contributed by atoms with Gasteiger partial charge in [-0.3, -0.25) is 0 Å². The molecule has 5 nitrogen and oxygen atoms in total. The normalized spacial score (nSPS) is 26.0. The number of hydrogen-bond donors (Lipinski definition) is 3. The van der Waals surface area contributed by atoms with E-state index in [1.165, 1.54) is 5.56 Å². The third-order valence-electron chi connectivity index (χ3n) is 4.46. The molecular weight excluding hydrogens is 262 g/mol. The molecular formula is C16H23N5. The van der Waals surface area contributed by atoms with Crippen molar-refractivity contribution in [3.8, 4) is 6.19 Å². The Morgan fingerprint density at radius 1 is 1.38 bits per heavy atom.